The summed E-state index contributed by atoms with van der Waals surface area (Å²) in [6, 6.07) is 4.24. The van der Waals surface area contributed by atoms with Crippen molar-refractivity contribution in [3.63, 3.8) is 0 Å². The maximum Gasteiger partial charge on any atom is 0.306 e. The SMILES string of the molecule is CC(C)(C)CC(C)(C)c1cc(CCC(=O)OC(C)(C)CCOC(C)(C)C)cc(C(C)(C)CC(C)(C)C)c1O. The van der Waals surface area contributed by atoms with E-state index in [0.717, 1.165) is 29.5 Å². The molecule has 0 fully saturated rings. The number of ether oxygens (including phenoxy) is 2. The molecule has 1 N–H and O–H groups in total. The largest absolute Gasteiger partial charge is 0.507 e. The number of phenols is 1. The molecule has 0 aliphatic heterocycles. The molecule has 38 heavy (non-hydrogen) atoms. The third-order valence-corrected chi connectivity index (χ3v) is 6.82. The highest BCUT2D eigenvalue weighted by molar-refractivity contribution is 5.70. The van der Waals surface area contributed by atoms with Crippen LogP contribution in [0.3, 0.4) is 0 Å². The minimum atomic E-state index is -0.586. The lowest BCUT2D eigenvalue weighted by Crippen LogP contribution is -2.31. The Kier molecular flexibility index (Phi) is 10.8. The molecule has 1 rings (SSSR count). The molecule has 0 unspecified atom stereocenters. The van der Waals surface area contributed by atoms with Crippen LogP contribution in [0.15, 0.2) is 12.1 Å². The van der Waals surface area contributed by atoms with E-state index in [-0.39, 0.29) is 33.2 Å². The van der Waals surface area contributed by atoms with Gasteiger partial charge >= 0.3 is 5.97 Å². The van der Waals surface area contributed by atoms with Crippen LogP contribution in [0.4, 0.5) is 0 Å². The monoisotopic (exact) mass is 532 g/mol. The van der Waals surface area contributed by atoms with Crippen LogP contribution in [0, 0.1) is 10.8 Å². The second-order valence-electron chi connectivity index (χ2n) is 16.7. The summed E-state index contributed by atoms with van der Waals surface area (Å²) in [5.41, 5.74) is 1.99. The molecule has 4 heteroatoms. The van der Waals surface area contributed by atoms with E-state index in [2.05, 4.69) is 81.4 Å². The first-order chi connectivity index (χ1) is 16.7. The standard InChI is InChI=1S/C34H60O4/c1-29(2,3)22-32(10,11)25-20-24(21-26(28(25)36)33(12,13)23-30(4,5)6)16-17-27(35)38-34(14,15)18-19-37-31(7,8)9/h20-21,36H,16-19,22-23H2,1-15H3. The number of aromatic hydroxyl groups is 1. The van der Waals surface area contributed by atoms with Gasteiger partial charge in [-0.25, -0.2) is 0 Å². The van der Waals surface area contributed by atoms with Gasteiger partial charge in [-0.2, -0.15) is 0 Å². The van der Waals surface area contributed by atoms with E-state index >= 15 is 0 Å². The van der Waals surface area contributed by atoms with E-state index in [1.807, 2.05) is 34.6 Å². The van der Waals surface area contributed by atoms with E-state index in [1.165, 1.54) is 0 Å². The van der Waals surface area contributed by atoms with Crippen LogP contribution in [-0.2, 0) is 31.5 Å². The summed E-state index contributed by atoms with van der Waals surface area (Å²) >= 11 is 0. The molecule has 0 aromatic heterocycles. The van der Waals surface area contributed by atoms with Crippen molar-refractivity contribution in [2.45, 2.75) is 158 Å². The number of esters is 1. The zero-order chi connectivity index (χ0) is 30.0. The van der Waals surface area contributed by atoms with Crippen molar-refractivity contribution in [3.05, 3.63) is 28.8 Å². The number of benzene rings is 1. The van der Waals surface area contributed by atoms with E-state index in [9.17, 15) is 9.90 Å². The molecule has 4 nitrogen and oxygen atoms in total. The molecular weight excluding hydrogens is 472 g/mol. The predicted molar refractivity (Wildman–Crippen MR) is 161 cm³/mol. The van der Waals surface area contributed by atoms with Gasteiger partial charge in [0.2, 0.25) is 0 Å². The van der Waals surface area contributed by atoms with Gasteiger partial charge in [-0.3, -0.25) is 4.79 Å². The Labute approximate surface area is 235 Å². The molecule has 1 aromatic carbocycles. The summed E-state index contributed by atoms with van der Waals surface area (Å²) in [6.07, 6.45) is 3.38. The smallest absolute Gasteiger partial charge is 0.306 e. The van der Waals surface area contributed by atoms with Gasteiger partial charge in [-0.15, -0.1) is 0 Å². The zero-order valence-corrected chi connectivity index (χ0v) is 27.6. The Balaban J connectivity index is 3.27. The topological polar surface area (TPSA) is 55.8 Å². The predicted octanol–water partition coefficient (Wildman–Crippen LogP) is 9.28. The van der Waals surface area contributed by atoms with E-state index in [0.29, 0.717) is 31.6 Å². The minimum absolute atomic E-state index is 0.110. The first-order valence-electron chi connectivity index (χ1n) is 14.5. The summed E-state index contributed by atoms with van der Waals surface area (Å²) in [5.74, 6) is 0.199. The van der Waals surface area contributed by atoms with Gasteiger partial charge in [-0.1, -0.05) is 81.4 Å². The highest BCUT2D eigenvalue weighted by Crippen LogP contribution is 2.47. The molecule has 0 saturated carbocycles. The number of phenolic OH excluding ortho intramolecular Hbond substituents is 1. The Bertz CT molecular complexity index is 882. The average Bonchev–Trinajstić information content (AvgIpc) is 2.61. The number of carbonyl (C=O) groups is 1. The van der Waals surface area contributed by atoms with E-state index in [1.54, 1.807) is 0 Å². The van der Waals surface area contributed by atoms with Gasteiger partial charge in [-0.05, 0) is 81.1 Å². The third kappa shape index (κ3) is 12.1. The van der Waals surface area contributed by atoms with Crippen molar-refractivity contribution in [1.82, 2.24) is 0 Å². The molecule has 0 radical (unpaired) electrons. The minimum Gasteiger partial charge on any atom is -0.507 e. The van der Waals surface area contributed by atoms with Gasteiger partial charge in [0.25, 0.3) is 0 Å². The fourth-order valence-corrected chi connectivity index (χ4v) is 5.97. The van der Waals surface area contributed by atoms with Crippen molar-refractivity contribution in [1.29, 1.82) is 0 Å². The molecule has 0 atom stereocenters. The molecule has 220 valence electrons. The van der Waals surface area contributed by atoms with Crippen molar-refractivity contribution < 1.29 is 19.4 Å². The number of rotatable bonds is 11. The lowest BCUT2D eigenvalue weighted by Gasteiger charge is -2.37. The second-order valence-corrected chi connectivity index (χ2v) is 16.7. The Hall–Kier alpha value is -1.55. The first kappa shape index (κ1) is 34.5. The van der Waals surface area contributed by atoms with Crippen LogP contribution >= 0.6 is 0 Å². The van der Waals surface area contributed by atoms with Crippen LogP contribution in [-0.4, -0.2) is 28.9 Å². The molecule has 0 saturated heterocycles. The Morgan fingerprint density at radius 2 is 1.16 bits per heavy atom. The number of carbonyl (C=O) groups excluding carboxylic acids is 1. The highest BCUT2D eigenvalue weighted by Gasteiger charge is 2.35. The lowest BCUT2D eigenvalue weighted by molar-refractivity contribution is -0.158. The Morgan fingerprint density at radius 3 is 1.53 bits per heavy atom. The third-order valence-electron chi connectivity index (χ3n) is 6.82. The van der Waals surface area contributed by atoms with Gasteiger partial charge in [0.15, 0.2) is 0 Å². The number of aryl methyl sites for hydroxylation is 1. The first-order valence-corrected chi connectivity index (χ1v) is 14.5. The lowest BCUT2D eigenvalue weighted by atomic mass is 9.67. The molecular formula is C34H60O4. The number of hydrogen-bond donors (Lipinski definition) is 1. The fraction of sp³-hybridized carbons (Fsp3) is 0.794. The molecule has 0 bridgehead atoms. The van der Waals surface area contributed by atoms with Crippen LogP contribution in [0.2, 0.25) is 0 Å². The maximum atomic E-state index is 12.9. The van der Waals surface area contributed by atoms with Gasteiger partial charge in [0.1, 0.15) is 11.4 Å². The molecule has 0 aliphatic rings. The summed E-state index contributed by atoms with van der Waals surface area (Å²) in [5, 5.41) is 11.6. The molecule has 0 amide bonds. The summed E-state index contributed by atoms with van der Waals surface area (Å²) in [6.45, 7) is 32.8. The highest BCUT2D eigenvalue weighted by atomic mass is 16.6. The van der Waals surface area contributed by atoms with E-state index in [4.69, 9.17) is 9.47 Å². The van der Waals surface area contributed by atoms with Crippen LogP contribution in [0.25, 0.3) is 0 Å². The van der Waals surface area contributed by atoms with E-state index < -0.39 is 5.60 Å². The van der Waals surface area contributed by atoms with Gasteiger partial charge < -0.3 is 14.6 Å². The van der Waals surface area contributed by atoms with Crippen molar-refractivity contribution in [2.24, 2.45) is 10.8 Å². The Morgan fingerprint density at radius 1 is 0.737 bits per heavy atom. The molecule has 0 heterocycles. The van der Waals surface area contributed by atoms with Crippen molar-refractivity contribution in [3.8, 4) is 5.75 Å². The second kappa shape index (κ2) is 11.9. The van der Waals surface area contributed by atoms with Gasteiger partial charge in [0.05, 0.1) is 12.2 Å². The van der Waals surface area contributed by atoms with Crippen LogP contribution < -0.4 is 0 Å². The van der Waals surface area contributed by atoms with Crippen LogP contribution in [0.1, 0.15) is 146 Å². The summed E-state index contributed by atoms with van der Waals surface area (Å²) in [4.78, 5) is 12.9. The maximum absolute atomic E-state index is 12.9. The molecule has 0 aliphatic carbocycles. The normalized spacial score (nSPS) is 14.1. The molecule has 1 aromatic rings. The summed E-state index contributed by atoms with van der Waals surface area (Å²) in [7, 11) is 0. The fourth-order valence-electron chi connectivity index (χ4n) is 5.97. The van der Waals surface area contributed by atoms with Crippen molar-refractivity contribution >= 4 is 5.97 Å². The zero-order valence-electron chi connectivity index (χ0n) is 27.6. The average molecular weight is 533 g/mol. The summed E-state index contributed by atoms with van der Waals surface area (Å²) < 4.78 is 11.7. The van der Waals surface area contributed by atoms with Crippen LogP contribution in [0.5, 0.6) is 5.75 Å². The number of hydrogen-bond acceptors (Lipinski definition) is 4. The van der Waals surface area contributed by atoms with Crippen molar-refractivity contribution in [2.75, 3.05) is 6.61 Å². The molecule has 0 spiro atoms. The van der Waals surface area contributed by atoms with Gasteiger partial charge in [0, 0.05) is 24.0 Å². The quantitative estimate of drug-likeness (QED) is 0.288.